The van der Waals surface area contributed by atoms with Crippen molar-refractivity contribution in [3.63, 3.8) is 0 Å². The molecule has 0 aliphatic heterocycles. The molecule has 0 atom stereocenters. The molecule has 1 amide bonds. The zero-order valence-corrected chi connectivity index (χ0v) is 12.6. The molecule has 3 nitrogen and oxygen atoms in total. The number of carbonyl (C=O) groups is 2. The van der Waals surface area contributed by atoms with Crippen LogP contribution in [0.3, 0.4) is 0 Å². The molecule has 4 heteroatoms. The summed E-state index contributed by atoms with van der Waals surface area (Å²) < 4.78 is 0. The lowest BCUT2D eigenvalue weighted by molar-refractivity contribution is -0.116. The highest BCUT2D eigenvalue weighted by Gasteiger charge is 1.98. The summed E-state index contributed by atoms with van der Waals surface area (Å²) in [5.41, 5.74) is 0. The Balaban J connectivity index is 3.46. The van der Waals surface area contributed by atoms with E-state index in [0.29, 0.717) is 13.0 Å². The maximum absolute atomic E-state index is 11.4. The van der Waals surface area contributed by atoms with E-state index in [-0.39, 0.29) is 11.0 Å². The van der Waals surface area contributed by atoms with Gasteiger partial charge in [0.25, 0.3) is 0 Å². The number of amides is 1. The van der Waals surface area contributed by atoms with Crippen molar-refractivity contribution in [3.05, 3.63) is 24.1 Å². The number of hydrogen-bond acceptors (Lipinski definition) is 3. The van der Waals surface area contributed by atoms with Gasteiger partial charge in [0.1, 0.15) is 0 Å². The predicted octanol–water partition coefficient (Wildman–Crippen LogP) is 3.81. The fraction of sp³-hybridized carbons (Fsp3) is 0.600. The number of hydrogen-bond donors (Lipinski definition) is 1. The predicted molar refractivity (Wildman–Crippen MR) is 82.9 cm³/mol. The van der Waals surface area contributed by atoms with E-state index in [1.807, 2.05) is 0 Å². The average Bonchev–Trinajstić information content (AvgIpc) is 2.38. The van der Waals surface area contributed by atoms with Crippen molar-refractivity contribution in [1.29, 1.82) is 0 Å². The zero-order chi connectivity index (χ0) is 14.3. The van der Waals surface area contributed by atoms with E-state index in [9.17, 15) is 9.59 Å². The first-order chi connectivity index (χ1) is 9.20. The molecule has 108 valence electrons. The van der Waals surface area contributed by atoms with Crippen LogP contribution in [-0.2, 0) is 9.59 Å². The summed E-state index contributed by atoms with van der Waals surface area (Å²) in [5, 5.41) is 4.33. The van der Waals surface area contributed by atoms with Crippen LogP contribution in [0.15, 0.2) is 24.1 Å². The highest BCUT2D eigenvalue weighted by molar-refractivity contribution is 8.16. The van der Waals surface area contributed by atoms with Crippen LogP contribution in [0, 0.1) is 0 Å². The van der Waals surface area contributed by atoms with Crippen molar-refractivity contribution in [2.75, 3.05) is 6.54 Å². The van der Waals surface area contributed by atoms with E-state index in [1.165, 1.54) is 37.2 Å². The number of unbranched alkanes of at least 4 members (excludes halogenated alkanes) is 5. The van der Waals surface area contributed by atoms with Crippen molar-refractivity contribution >= 4 is 22.8 Å². The second kappa shape index (κ2) is 13.4. The van der Waals surface area contributed by atoms with Gasteiger partial charge in [-0.05, 0) is 11.8 Å². The Kier molecular flexibility index (Phi) is 12.7. The monoisotopic (exact) mass is 283 g/mol. The minimum Gasteiger partial charge on any atom is -0.353 e. The Morgan fingerprint density at radius 3 is 2.53 bits per heavy atom. The molecule has 0 spiro atoms. The first kappa shape index (κ1) is 18.0. The van der Waals surface area contributed by atoms with Crippen molar-refractivity contribution in [2.24, 2.45) is 0 Å². The summed E-state index contributed by atoms with van der Waals surface area (Å²) >= 11 is 1.03. The lowest BCUT2D eigenvalue weighted by atomic mass is 10.1. The molecular weight excluding hydrogens is 258 g/mol. The molecule has 0 aliphatic rings. The Morgan fingerprint density at radius 1 is 1.16 bits per heavy atom. The van der Waals surface area contributed by atoms with Crippen molar-refractivity contribution in [2.45, 2.75) is 51.9 Å². The number of thioether (sulfide) groups is 1. The van der Waals surface area contributed by atoms with Crippen LogP contribution < -0.4 is 5.32 Å². The summed E-state index contributed by atoms with van der Waals surface area (Å²) in [7, 11) is 0. The van der Waals surface area contributed by atoms with Gasteiger partial charge in [-0.2, -0.15) is 0 Å². The van der Waals surface area contributed by atoms with E-state index in [2.05, 4.69) is 18.8 Å². The molecule has 0 aliphatic carbocycles. The first-order valence-corrected chi connectivity index (χ1v) is 7.83. The topological polar surface area (TPSA) is 46.2 Å². The van der Waals surface area contributed by atoms with Crippen LogP contribution >= 0.6 is 11.8 Å². The number of allylic oxidation sites excluding steroid dienone is 1. The molecule has 0 aromatic heterocycles. The van der Waals surface area contributed by atoms with Crippen LogP contribution in [-0.4, -0.2) is 17.6 Å². The fourth-order valence-corrected chi connectivity index (χ4v) is 2.07. The highest BCUT2D eigenvalue weighted by Crippen LogP contribution is 2.07. The molecule has 0 unspecified atom stereocenters. The summed E-state index contributed by atoms with van der Waals surface area (Å²) in [6.07, 6.45) is 10.5. The normalized spacial score (nSPS) is 10.6. The highest BCUT2D eigenvalue weighted by atomic mass is 32.2. The van der Waals surface area contributed by atoms with Crippen molar-refractivity contribution < 1.29 is 9.59 Å². The Morgan fingerprint density at radius 2 is 1.84 bits per heavy atom. The number of carbonyl (C=O) groups excluding carboxylic acids is 2. The molecule has 19 heavy (non-hydrogen) atoms. The van der Waals surface area contributed by atoms with Gasteiger partial charge in [-0.3, -0.25) is 9.59 Å². The summed E-state index contributed by atoms with van der Waals surface area (Å²) in [6, 6.07) is 0. The number of nitrogens with one attached hydrogen (secondary N) is 1. The van der Waals surface area contributed by atoms with Crippen molar-refractivity contribution in [3.8, 4) is 0 Å². The molecular formula is C15H25NO2S. The Bertz CT molecular complexity index is 301. The lowest BCUT2D eigenvalue weighted by Gasteiger charge is -2.02. The van der Waals surface area contributed by atoms with Gasteiger partial charge in [-0.15, -0.1) is 6.58 Å². The minimum atomic E-state index is -0.132. The summed E-state index contributed by atoms with van der Waals surface area (Å²) in [4.78, 5) is 22.5. The third-order valence-corrected chi connectivity index (χ3v) is 3.26. The fourth-order valence-electron chi connectivity index (χ4n) is 1.51. The zero-order valence-electron chi connectivity index (χ0n) is 11.8. The Labute approximate surface area is 120 Å². The number of rotatable bonds is 11. The van der Waals surface area contributed by atoms with Crippen LogP contribution in [0.25, 0.3) is 0 Å². The maximum atomic E-state index is 11.4. The third kappa shape index (κ3) is 13.2. The molecule has 0 aromatic carbocycles. The largest absolute Gasteiger partial charge is 0.353 e. The lowest BCUT2D eigenvalue weighted by Crippen LogP contribution is -2.21. The van der Waals surface area contributed by atoms with E-state index in [1.54, 1.807) is 6.08 Å². The second-order valence-corrected chi connectivity index (χ2v) is 5.31. The Hall–Kier alpha value is -1.03. The van der Waals surface area contributed by atoms with Gasteiger partial charge in [0, 0.05) is 19.0 Å². The van der Waals surface area contributed by atoms with Gasteiger partial charge in [0.05, 0.1) is 0 Å². The van der Waals surface area contributed by atoms with Gasteiger partial charge in [-0.25, -0.2) is 0 Å². The van der Waals surface area contributed by atoms with Crippen LogP contribution in [0.2, 0.25) is 0 Å². The smallest absolute Gasteiger partial charge is 0.244 e. The minimum absolute atomic E-state index is 0.00465. The SMILES string of the molecule is C=CCC(=O)SC=CC(=O)NCCCCCCCC. The molecule has 1 N–H and O–H groups in total. The third-order valence-electron chi connectivity index (χ3n) is 2.56. The van der Waals surface area contributed by atoms with E-state index in [0.717, 1.165) is 24.6 Å². The van der Waals surface area contributed by atoms with Crippen molar-refractivity contribution in [1.82, 2.24) is 5.32 Å². The second-order valence-electron chi connectivity index (χ2n) is 4.34. The van der Waals surface area contributed by atoms with E-state index >= 15 is 0 Å². The molecule has 0 heterocycles. The van der Waals surface area contributed by atoms with Gasteiger partial charge < -0.3 is 5.32 Å². The summed E-state index contributed by atoms with van der Waals surface area (Å²) in [5.74, 6) is -0.132. The van der Waals surface area contributed by atoms with Crippen LogP contribution in [0.4, 0.5) is 0 Å². The molecule has 0 fully saturated rings. The van der Waals surface area contributed by atoms with Gasteiger partial charge >= 0.3 is 0 Å². The average molecular weight is 283 g/mol. The molecule has 0 rings (SSSR count). The van der Waals surface area contributed by atoms with E-state index < -0.39 is 0 Å². The van der Waals surface area contributed by atoms with Gasteiger partial charge in [-0.1, -0.05) is 56.9 Å². The molecule has 0 saturated carbocycles. The maximum Gasteiger partial charge on any atom is 0.244 e. The van der Waals surface area contributed by atoms with Crippen LogP contribution in [0.5, 0.6) is 0 Å². The molecule has 0 saturated heterocycles. The van der Waals surface area contributed by atoms with Crippen LogP contribution in [0.1, 0.15) is 51.9 Å². The first-order valence-electron chi connectivity index (χ1n) is 6.95. The summed E-state index contributed by atoms with van der Waals surface area (Å²) in [6.45, 7) is 6.39. The van der Waals surface area contributed by atoms with Gasteiger partial charge in [0.2, 0.25) is 5.91 Å². The van der Waals surface area contributed by atoms with E-state index in [4.69, 9.17) is 0 Å². The standard InChI is InChI=1S/C15H25NO2S/c1-3-5-6-7-8-9-12-16-14(17)11-13-19-15(18)10-4-2/h4,11,13H,2-3,5-10,12H2,1H3,(H,16,17). The quantitative estimate of drug-likeness (QED) is 0.356. The molecule has 0 bridgehead atoms. The molecule has 0 aromatic rings. The van der Waals surface area contributed by atoms with Gasteiger partial charge in [0.15, 0.2) is 5.12 Å². The molecule has 0 radical (unpaired) electrons.